The highest BCUT2D eigenvalue weighted by Gasteiger charge is 2.17. The monoisotopic (exact) mass is 471 g/mol. The van der Waals surface area contributed by atoms with Crippen LogP contribution in [0.5, 0.6) is 0 Å². The van der Waals surface area contributed by atoms with Gasteiger partial charge in [-0.3, -0.25) is 10.1 Å². The highest BCUT2D eigenvalue weighted by molar-refractivity contribution is 6.05. The fourth-order valence-electron chi connectivity index (χ4n) is 3.59. The van der Waals surface area contributed by atoms with Crippen LogP contribution in [0.3, 0.4) is 0 Å². The Hall–Kier alpha value is -4.59. The Bertz CT molecular complexity index is 1380. The van der Waals surface area contributed by atoms with Crippen molar-refractivity contribution in [2.24, 2.45) is 0 Å². The second-order valence-corrected chi connectivity index (χ2v) is 7.73. The minimum absolute atomic E-state index is 0.0102. The number of amides is 2. The molecule has 178 valence electrons. The van der Waals surface area contributed by atoms with Crippen molar-refractivity contribution in [2.45, 2.75) is 19.9 Å². The third-order valence-corrected chi connectivity index (χ3v) is 5.23. The van der Waals surface area contributed by atoms with Gasteiger partial charge in [0.2, 0.25) is 0 Å². The van der Waals surface area contributed by atoms with E-state index in [0.717, 1.165) is 11.1 Å². The number of benzene rings is 3. The average molecular weight is 472 g/mol. The SMILES string of the molecule is CCOC(=O)Cc1ccc(NC(=O)Nc2c(NCc3ccccc3)c3ccccc3oc2=O)cc1. The van der Waals surface area contributed by atoms with E-state index in [1.807, 2.05) is 42.5 Å². The Morgan fingerprint density at radius 1 is 0.829 bits per heavy atom. The van der Waals surface area contributed by atoms with Gasteiger partial charge in [-0.15, -0.1) is 0 Å². The fraction of sp³-hybridized carbons (Fsp3) is 0.148. The predicted octanol–water partition coefficient (Wildman–Crippen LogP) is 5.15. The van der Waals surface area contributed by atoms with Crippen LogP contribution in [0.1, 0.15) is 18.1 Å². The van der Waals surface area contributed by atoms with E-state index in [9.17, 15) is 14.4 Å². The van der Waals surface area contributed by atoms with Crippen molar-refractivity contribution in [1.82, 2.24) is 0 Å². The molecule has 0 radical (unpaired) electrons. The summed E-state index contributed by atoms with van der Waals surface area (Å²) in [7, 11) is 0. The molecule has 0 spiro atoms. The molecule has 4 aromatic rings. The summed E-state index contributed by atoms with van der Waals surface area (Å²) >= 11 is 0. The zero-order chi connectivity index (χ0) is 24.6. The third kappa shape index (κ3) is 6.05. The predicted molar refractivity (Wildman–Crippen MR) is 136 cm³/mol. The molecule has 1 aromatic heterocycles. The number of ether oxygens (including phenoxy) is 1. The summed E-state index contributed by atoms with van der Waals surface area (Å²) in [6.07, 6.45) is 0.148. The Balaban J connectivity index is 1.53. The number of hydrogen-bond donors (Lipinski definition) is 3. The van der Waals surface area contributed by atoms with Crippen LogP contribution in [0.25, 0.3) is 11.0 Å². The molecule has 0 fully saturated rings. The van der Waals surface area contributed by atoms with Gasteiger partial charge in [0, 0.05) is 17.6 Å². The fourth-order valence-corrected chi connectivity index (χ4v) is 3.59. The Kier molecular flexibility index (Phi) is 7.42. The topological polar surface area (TPSA) is 110 Å². The first-order valence-electron chi connectivity index (χ1n) is 11.2. The van der Waals surface area contributed by atoms with Gasteiger partial charge in [-0.1, -0.05) is 54.6 Å². The molecule has 4 rings (SSSR count). The summed E-state index contributed by atoms with van der Waals surface area (Å²) in [5, 5.41) is 9.26. The minimum atomic E-state index is -0.667. The zero-order valence-electron chi connectivity index (χ0n) is 19.2. The van der Waals surface area contributed by atoms with Crippen LogP contribution in [0.15, 0.2) is 88.1 Å². The molecule has 3 aromatic carbocycles. The molecule has 35 heavy (non-hydrogen) atoms. The molecule has 0 aliphatic rings. The Morgan fingerprint density at radius 2 is 1.54 bits per heavy atom. The number of hydrogen-bond acceptors (Lipinski definition) is 6. The first-order valence-corrected chi connectivity index (χ1v) is 11.2. The third-order valence-electron chi connectivity index (χ3n) is 5.23. The van der Waals surface area contributed by atoms with E-state index in [2.05, 4.69) is 16.0 Å². The number of esters is 1. The van der Waals surface area contributed by atoms with Crippen molar-refractivity contribution >= 4 is 40.0 Å². The van der Waals surface area contributed by atoms with Crippen LogP contribution in [-0.4, -0.2) is 18.6 Å². The molecule has 0 atom stereocenters. The van der Waals surface area contributed by atoms with Crippen LogP contribution < -0.4 is 21.6 Å². The Labute approximate surface area is 201 Å². The number of urea groups is 1. The molecule has 0 aliphatic carbocycles. The maximum absolute atomic E-state index is 12.8. The number of carbonyl (C=O) groups is 2. The lowest BCUT2D eigenvalue weighted by atomic mass is 10.1. The average Bonchev–Trinajstić information content (AvgIpc) is 2.86. The van der Waals surface area contributed by atoms with E-state index in [-0.39, 0.29) is 18.1 Å². The lowest BCUT2D eigenvalue weighted by Crippen LogP contribution is -2.24. The van der Waals surface area contributed by atoms with Gasteiger partial charge >= 0.3 is 17.6 Å². The molecule has 0 bridgehead atoms. The highest BCUT2D eigenvalue weighted by Crippen LogP contribution is 2.29. The Morgan fingerprint density at radius 3 is 2.29 bits per heavy atom. The zero-order valence-corrected chi connectivity index (χ0v) is 19.2. The van der Waals surface area contributed by atoms with E-state index in [1.165, 1.54) is 0 Å². The minimum Gasteiger partial charge on any atom is -0.466 e. The molecule has 3 N–H and O–H groups in total. The second-order valence-electron chi connectivity index (χ2n) is 7.73. The number of fused-ring (bicyclic) bond motifs is 1. The number of para-hydroxylation sites is 1. The van der Waals surface area contributed by atoms with Crippen molar-refractivity contribution in [1.29, 1.82) is 0 Å². The largest absolute Gasteiger partial charge is 0.466 e. The molecular formula is C27H25N3O5. The van der Waals surface area contributed by atoms with Crippen molar-refractivity contribution in [3.63, 3.8) is 0 Å². The van der Waals surface area contributed by atoms with Gasteiger partial charge in [0.05, 0.1) is 18.7 Å². The molecule has 2 amide bonds. The van der Waals surface area contributed by atoms with Crippen LogP contribution in [0.2, 0.25) is 0 Å². The molecule has 0 unspecified atom stereocenters. The van der Waals surface area contributed by atoms with E-state index < -0.39 is 11.7 Å². The first kappa shape index (κ1) is 23.6. The van der Waals surface area contributed by atoms with Crippen molar-refractivity contribution in [3.05, 3.63) is 100 Å². The maximum Gasteiger partial charge on any atom is 0.362 e. The van der Waals surface area contributed by atoms with Crippen LogP contribution in [0, 0.1) is 0 Å². The van der Waals surface area contributed by atoms with Gasteiger partial charge in [-0.25, -0.2) is 9.59 Å². The van der Waals surface area contributed by atoms with Crippen molar-refractivity contribution < 1.29 is 18.7 Å². The van der Waals surface area contributed by atoms with Crippen LogP contribution in [-0.2, 0) is 22.5 Å². The summed E-state index contributed by atoms with van der Waals surface area (Å²) in [6, 6.07) is 23.0. The van der Waals surface area contributed by atoms with E-state index in [0.29, 0.717) is 35.5 Å². The summed E-state index contributed by atoms with van der Waals surface area (Å²) in [4.78, 5) is 37.1. The highest BCUT2D eigenvalue weighted by atomic mass is 16.5. The van der Waals surface area contributed by atoms with Gasteiger partial charge in [-0.2, -0.15) is 0 Å². The number of nitrogens with one attached hydrogen (secondary N) is 3. The van der Waals surface area contributed by atoms with Gasteiger partial charge in [0.1, 0.15) is 5.58 Å². The standard InChI is InChI=1S/C27H25N3O5/c1-2-34-23(31)16-18-12-14-20(15-13-18)29-27(33)30-25-24(28-17-19-8-4-3-5-9-19)21-10-6-7-11-22(21)35-26(25)32/h3-15,28H,2,16-17H2,1H3,(H2,29,30,33). The summed E-state index contributed by atoms with van der Waals surface area (Å²) in [5.74, 6) is -0.315. The van der Waals surface area contributed by atoms with E-state index in [4.69, 9.17) is 9.15 Å². The van der Waals surface area contributed by atoms with Crippen LogP contribution in [0.4, 0.5) is 21.9 Å². The molecule has 0 aliphatic heterocycles. The van der Waals surface area contributed by atoms with Crippen LogP contribution >= 0.6 is 0 Å². The lowest BCUT2D eigenvalue weighted by Gasteiger charge is -2.15. The van der Waals surface area contributed by atoms with Gasteiger partial charge in [-0.05, 0) is 42.3 Å². The molecule has 8 heteroatoms. The normalized spacial score (nSPS) is 10.5. The molecular weight excluding hydrogens is 446 g/mol. The van der Waals surface area contributed by atoms with Gasteiger partial charge in [0.15, 0.2) is 5.69 Å². The number of carbonyl (C=O) groups excluding carboxylic acids is 2. The first-order chi connectivity index (χ1) is 17.0. The molecule has 8 nitrogen and oxygen atoms in total. The number of rotatable bonds is 8. The van der Waals surface area contributed by atoms with E-state index >= 15 is 0 Å². The van der Waals surface area contributed by atoms with Gasteiger partial charge in [0.25, 0.3) is 0 Å². The number of anilines is 3. The van der Waals surface area contributed by atoms with Crippen molar-refractivity contribution in [3.8, 4) is 0 Å². The second kappa shape index (κ2) is 11.0. The molecule has 0 saturated heterocycles. The summed E-state index contributed by atoms with van der Waals surface area (Å²) in [6.45, 7) is 2.53. The van der Waals surface area contributed by atoms with E-state index in [1.54, 1.807) is 43.3 Å². The van der Waals surface area contributed by atoms with Gasteiger partial charge < -0.3 is 19.8 Å². The van der Waals surface area contributed by atoms with Crippen molar-refractivity contribution in [2.75, 3.05) is 22.6 Å². The summed E-state index contributed by atoms with van der Waals surface area (Å²) < 4.78 is 10.4. The summed E-state index contributed by atoms with van der Waals surface area (Å²) in [5.41, 5.74) is 2.51. The molecule has 0 saturated carbocycles. The quantitative estimate of drug-likeness (QED) is 0.242. The smallest absolute Gasteiger partial charge is 0.362 e. The maximum atomic E-state index is 12.8. The molecule has 1 heterocycles. The lowest BCUT2D eigenvalue weighted by molar-refractivity contribution is -0.142.